The lowest BCUT2D eigenvalue weighted by Gasteiger charge is -2.42. The summed E-state index contributed by atoms with van der Waals surface area (Å²) in [7, 11) is -1.86. The van der Waals surface area contributed by atoms with Crippen molar-refractivity contribution in [3.8, 4) is 5.88 Å². The first-order chi connectivity index (χ1) is 14.9. The molecule has 0 radical (unpaired) electrons. The Hall–Kier alpha value is -2.41. The van der Waals surface area contributed by atoms with Crippen LogP contribution < -0.4 is 4.74 Å². The zero-order chi connectivity index (χ0) is 21.9. The molecule has 1 aromatic heterocycles. The largest absolute Gasteiger partial charge is 0.481 e. The second kappa shape index (κ2) is 8.99. The van der Waals surface area contributed by atoms with Gasteiger partial charge in [-0.25, -0.2) is 13.4 Å². The number of hydrogen-bond donors (Lipinski definition) is 0. The third kappa shape index (κ3) is 4.47. The fraction of sp³-hybridized carbons (Fsp3) is 0.500. The molecule has 4 rings (SSSR count). The standard InChI is InChI=1S/C24H30N2O4S/c1-30-22-11-10-20(17-25-22)18-26-13-14-31(28,29)24(16-23(26)27)12-6-5-9-21(24)15-19-7-3-2-4-8-19/h2-4,7-8,10-11,17,21H,5-6,9,12-16,18H2,1H3. The molecule has 0 bridgehead atoms. The predicted molar refractivity (Wildman–Crippen MR) is 119 cm³/mol. The minimum atomic E-state index is -3.42. The van der Waals surface area contributed by atoms with Gasteiger partial charge in [-0.2, -0.15) is 0 Å². The van der Waals surface area contributed by atoms with E-state index in [2.05, 4.69) is 17.1 Å². The first kappa shape index (κ1) is 21.8. The van der Waals surface area contributed by atoms with Crippen molar-refractivity contribution >= 4 is 15.7 Å². The second-order valence-corrected chi connectivity index (χ2v) is 11.2. The molecule has 2 fully saturated rings. The molecule has 1 aliphatic heterocycles. The van der Waals surface area contributed by atoms with Crippen LogP contribution in [0.15, 0.2) is 48.7 Å². The highest BCUT2D eigenvalue weighted by Crippen LogP contribution is 2.46. The van der Waals surface area contributed by atoms with E-state index in [1.54, 1.807) is 24.3 Å². The van der Waals surface area contributed by atoms with Crippen molar-refractivity contribution < 1.29 is 17.9 Å². The number of carbonyl (C=O) groups is 1. The number of ether oxygens (including phenoxy) is 1. The summed E-state index contributed by atoms with van der Waals surface area (Å²) in [5.74, 6) is 0.434. The van der Waals surface area contributed by atoms with Gasteiger partial charge in [0, 0.05) is 31.8 Å². The van der Waals surface area contributed by atoms with Crippen molar-refractivity contribution in [2.45, 2.75) is 49.8 Å². The minimum Gasteiger partial charge on any atom is -0.481 e. The SMILES string of the molecule is COc1ccc(CN2CCS(=O)(=O)C3(CCCCC3Cc3ccccc3)CC2=O)cn1. The number of pyridine rings is 1. The molecule has 1 amide bonds. The molecule has 1 aliphatic carbocycles. The maximum Gasteiger partial charge on any atom is 0.224 e. The fourth-order valence-electron chi connectivity index (χ4n) is 5.16. The summed E-state index contributed by atoms with van der Waals surface area (Å²) in [4.78, 5) is 19.2. The van der Waals surface area contributed by atoms with Crippen LogP contribution in [-0.4, -0.2) is 48.4 Å². The molecule has 2 aromatic rings. The van der Waals surface area contributed by atoms with E-state index < -0.39 is 14.6 Å². The van der Waals surface area contributed by atoms with E-state index in [1.165, 1.54) is 0 Å². The number of aromatic nitrogens is 1. The molecule has 2 heterocycles. The van der Waals surface area contributed by atoms with Gasteiger partial charge in [0.2, 0.25) is 11.8 Å². The summed E-state index contributed by atoms with van der Waals surface area (Å²) in [5.41, 5.74) is 2.01. The summed E-state index contributed by atoms with van der Waals surface area (Å²) in [6.07, 6.45) is 5.77. The first-order valence-electron chi connectivity index (χ1n) is 11.0. The Morgan fingerprint density at radius 2 is 1.94 bits per heavy atom. The molecular formula is C24H30N2O4S. The highest BCUT2D eigenvalue weighted by molar-refractivity contribution is 7.92. The van der Waals surface area contributed by atoms with Gasteiger partial charge in [-0.15, -0.1) is 0 Å². The molecule has 7 heteroatoms. The number of nitrogens with zero attached hydrogens (tertiary/aromatic N) is 2. The van der Waals surface area contributed by atoms with E-state index in [0.717, 1.165) is 30.4 Å². The second-order valence-electron chi connectivity index (χ2n) is 8.72. The normalized spacial score (nSPS) is 25.9. The first-order valence-corrected chi connectivity index (χ1v) is 12.6. The zero-order valence-corrected chi connectivity index (χ0v) is 18.8. The number of carbonyl (C=O) groups excluding carboxylic acids is 1. The van der Waals surface area contributed by atoms with E-state index >= 15 is 0 Å². The van der Waals surface area contributed by atoms with Gasteiger partial charge in [0.1, 0.15) is 0 Å². The summed E-state index contributed by atoms with van der Waals surface area (Å²) < 4.78 is 31.3. The number of benzene rings is 1. The molecule has 2 unspecified atom stereocenters. The average Bonchev–Trinajstić information content (AvgIpc) is 2.87. The molecule has 1 spiro atoms. The Labute approximate surface area is 184 Å². The van der Waals surface area contributed by atoms with E-state index in [1.807, 2.05) is 24.3 Å². The Bertz CT molecular complexity index is 1010. The molecule has 1 aromatic carbocycles. The van der Waals surface area contributed by atoms with E-state index in [-0.39, 0.29) is 30.5 Å². The van der Waals surface area contributed by atoms with Crippen LogP contribution >= 0.6 is 0 Å². The lowest BCUT2D eigenvalue weighted by molar-refractivity contribution is -0.132. The number of amides is 1. The van der Waals surface area contributed by atoms with Gasteiger partial charge in [0.25, 0.3) is 0 Å². The van der Waals surface area contributed by atoms with Gasteiger partial charge in [-0.05, 0) is 36.3 Å². The highest BCUT2D eigenvalue weighted by Gasteiger charge is 2.53. The summed E-state index contributed by atoms with van der Waals surface area (Å²) in [6, 6.07) is 13.7. The van der Waals surface area contributed by atoms with Gasteiger partial charge in [-0.1, -0.05) is 49.2 Å². The summed E-state index contributed by atoms with van der Waals surface area (Å²) >= 11 is 0. The molecule has 2 atom stereocenters. The van der Waals surface area contributed by atoms with E-state index in [4.69, 9.17) is 4.74 Å². The van der Waals surface area contributed by atoms with E-state index in [0.29, 0.717) is 25.3 Å². The van der Waals surface area contributed by atoms with Gasteiger partial charge in [-0.3, -0.25) is 4.79 Å². The van der Waals surface area contributed by atoms with Crippen molar-refractivity contribution in [1.29, 1.82) is 0 Å². The van der Waals surface area contributed by atoms with E-state index in [9.17, 15) is 13.2 Å². The van der Waals surface area contributed by atoms with Crippen LogP contribution in [0.1, 0.15) is 43.2 Å². The van der Waals surface area contributed by atoms with Crippen molar-refractivity contribution in [2.75, 3.05) is 19.4 Å². The Kier molecular flexibility index (Phi) is 6.32. The van der Waals surface area contributed by atoms with Gasteiger partial charge in [0.05, 0.1) is 17.6 Å². The fourth-order valence-corrected chi connectivity index (χ4v) is 7.53. The molecule has 6 nitrogen and oxygen atoms in total. The molecule has 31 heavy (non-hydrogen) atoms. The maximum atomic E-state index is 13.6. The molecule has 1 saturated carbocycles. The van der Waals surface area contributed by atoms with Crippen LogP contribution in [-0.2, 0) is 27.6 Å². The zero-order valence-electron chi connectivity index (χ0n) is 18.0. The van der Waals surface area contributed by atoms with Crippen LogP contribution in [0.3, 0.4) is 0 Å². The van der Waals surface area contributed by atoms with Crippen LogP contribution in [0.4, 0.5) is 0 Å². The topological polar surface area (TPSA) is 76.6 Å². The molecule has 2 aliphatic rings. The van der Waals surface area contributed by atoms with Crippen molar-refractivity contribution in [3.05, 3.63) is 59.8 Å². The lowest BCUT2D eigenvalue weighted by atomic mass is 9.73. The van der Waals surface area contributed by atoms with Crippen LogP contribution in [0, 0.1) is 5.92 Å². The maximum absolute atomic E-state index is 13.6. The summed E-state index contributed by atoms with van der Waals surface area (Å²) in [5, 5.41) is 0. The van der Waals surface area contributed by atoms with Gasteiger partial charge in [0.15, 0.2) is 9.84 Å². The number of hydrogen-bond acceptors (Lipinski definition) is 5. The minimum absolute atomic E-state index is 0.0214. The molecule has 166 valence electrons. The van der Waals surface area contributed by atoms with Crippen molar-refractivity contribution in [1.82, 2.24) is 9.88 Å². The van der Waals surface area contributed by atoms with Crippen molar-refractivity contribution in [3.63, 3.8) is 0 Å². The highest BCUT2D eigenvalue weighted by atomic mass is 32.2. The molecule has 0 N–H and O–H groups in total. The predicted octanol–water partition coefficient (Wildman–Crippen LogP) is 3.41. The third-order valence-electron chi connectivity index (χ3n) is 6.90. The quantitative estimate of drug-likeness (QED) is 0.709. The van der Waals surface area contributed by atoms with Gasteiger partial charge < -0.3 is 9.64 Å². The van der Waals surface area contributed by atoms with Crippen LogP contribution in [0.5, 0.6) is 5.88 Å². The van der Waals surface area contributed by atoms with Gasteiger partial charge >= 0.3 is 0 Å². The number of methoxy groups -OCH3 is 1. The lowest BCUT2D eigenvalue weighted by Crippen LogP contribution is -2.50. The van der Waals surface area contributed by atoms with Crippen LogP contribution in [0.25, 0.3) is 0 Å². The Morgan fingerprint density at radius 1 is 1.13 bits per heavy atom. The van der Waals surface area contributed by atoms with Crippen LogP contribution in [0.2, 0.25) is 0 Å². The molecular weight excluding hydrogens is 412 g/mol. The van der Waals surface area contributed by atoms with Crippen molar-refractivity contribution in [2.24, 2.45) is 5.92 Å². The smallest absolute Gasteiger partial charge is 0.224 e. The number of rotatable bonds is 5. The molecule has 1 saturated heterocycles. The Morgan fingerprint density at radius 3 is 2.65 bits per heavy atom. The summed E-state index contributed by atoms with van der Waals surface area (Å²) in [6.45, 7) is 0.595. The monoisotopic (exact) mass is 442 g/mol. The Balaban J connectivity index is 1.59. The number of sulfone groups is 1. The average molecular weight is 443 g/mol. The third-order valence-corrected chi connectivity index (χ3v) is 9.54.